The molecule has 0 aliphatic rings. The molecule has 0 bridgehead atoms. The Hall–Kier alpha value is -6.08. The third-order valence-electron chi connectivity index (χ3n) is 7.41. The van der Waals surface area contributed by atoms with Gasteiger partial charge >= 0.3 is 5.97 Å². The molecule has 0 unspecified atom stereocenters. The van der Waals surface area contributed by atoms with Gasteiger partial charge in [0.15, 0.2) is 5.75 Å². The SMILES string of the molecule is O=C(O)c1ccc(Nc2nc(Cl)nc(Nc3cc(S(=O)(=O)O)cc4cc(S(=O)(=O)O)c(N=Nc5ccc6ccccc6c5S(=O)(=O)O)c(O)c34)n2)cc1O. The van der Waals surface area contributed by atoms with E-state index in [1.54, 1.807) is 6.07 Å². The number of nitrogens with zero attached hydrogens (tertiary/aromatic N) is 5. The molecule has 24 heteroatoms. The van der Waals surface area contributed by atoms with Crippen molar-refractivity contribution < 1.29 is 59.0 Å². The van der Waals surface area contributed by atoms with Crippen molar-refractivity contribution in [2.45, 2.75) is 14.7 Å². The Labute approximate surface area is 307 Å². The van der Waals surface area contributed by atoms with Gasteiger partial charge in [-0.15, -0.1) is 10.2 Å². The highest BCUT2D eigenvalue weighted by atomic mass is 35.5. The zero-order chi connectivity index (χ0) is 39.3. The van der Waals surface area contributed by atoms with Crippen LogP contribution in [0.2, 0.25) is 5.28 Å². The number of hydrogen-bond acceptors (Lipinski definition) is 16. The van der Waals surface area contributed by atoms with Crippen molar-refractivity contribution >= 4 is 104 Å². The van der Waals surface area contributed by atoms with Gasteiger partial charge in [-0.1, -0.05) is 30.3 Å². The van der Waals surface area contributed by atoms with Crippen molar-refractivity contribution in [3.63, 3.8) is 0 Å². The van der Waals surface area contributed by atoms with Gasteiger partial charge in [-0.25, -0.2) is 4.79 Å². The van der Waals surface area contributed by atoms with E-state index in [1.807, 2.05) is 0 Å². The summed E-state index contributed by atoms with van der Waals surface area (Å²) in [4.78, 5) is 20.4. The Morgan fingerprint density at radius 1 is 0.722 bits per heavy atom. The lowest BCUT2D eigenvalue weighted by molar-refractivity contribution is 0.0693. The number of hydrogen-bond donors (Lipinski definition) is 8. The highest BCUT2D eigenvalue weighted by molar-refractivity contribution is 7.86. The summed E-state index contributed by atoms with van der Waals surface area (Å²) in [5.41, 5.74) is -2.27. The number of aromatic nitrogens is 3. The number of phenols is 2. The average Bonchev–Trinajstić information content (AvgIpc) is 3.05. The Kier molecular flexibility index (Phi) is 9.57. The van der Waals surface area contributed by atoms with Crippen molar-refractivity contribution in [3.8, 4) is 11.5 Å². The number of carboxylic acids is 1. The molecule has 0 atom stereocenters. The van der Waals surface area contributed by atoms with Gasteiger partial charge in [0.2, 0.25) is 17.2 Å². The first kappa shape index (κ1) is 37.7. The topological polar surface area (TPSA) is 328 Å². The highest BCUT2D eigenvalue weighted by Gasteiger charge is 2.27. The molecule has 1 aromatic heterocycles. The van der Waals surface area contributed by atoms with Gasteiger partial charge in [-0.3, -0.25) is 13.7 Å². The Bertz CT molecular complexity index is 2950. The molecule has 0 radical (unpaired) electrons. The molecule has 0 saturated heterocycles. The molecular weight excluding hydrogens is 798 g/mol. The third-order valence-corrected chi connectivity index (χ3v) is 10.2. The van der Waals surface area contributed by atoms with Crippen LogP contribution in [0.3, 0.4) is 0 Å². The van der Waals surface area contributed by atoms with E-state index in [1.165, 1.54) is 30.3 Å². The number of azo groups is 1. The molecule has 0 aliphatic carbocycles. The molecule has 0 spiro atoms. The van der Waals surface area contributed by atoms with Crippen LogP contribution in [0.5, 0.6) is 11.5 Å². The normalized spacial score (nSPS) is 12.4. The van der Waals surface area contributed by atoms with Crippen molar-refractivity contribution in [1.82, 2.24) is 15.0 Å². The Balaban J connectivity index is 1.53. The number of anilines is 4. The number of carbonyl (C=O) groups is 1. The highest BCUT2D eigenvalue weighted by Crippen LogP contribution is 2.46. The van der Waals surface area contributed by atoms with Crippen LogP contribution in [0, 0.1) is 0 Å². The molecule has 20 nitrogen and oxygen atoms in total. The second-order valence-electron chi connectivity index (χ2n) is 10.9. The number of carboxylic acid groups (broad SMARTS) is 1. The van der Waals surface area contributed by atoms with Gasteiger partial charge in [0, 0.05) is 22.5 Å². The predicted molar refractivity (Wildman–Crippen MR) is 190 cm³/mol. The summed E-state index contributed by atoms with van der Waals surface area (Å²) >= 11 is 6.07. The zero-order valence-electron chi connectivity index (χ0n) is 26.3. The van der Waals surface area contributed by atoms with Crippen LogP contribution < -0.4 is 10.6 Å². The van der Waals surface area contributed by atoms with Gasteiger partial charge in [0.25, 0.3) is 30.4 Å². The van der Waals surface area contributed by atoms with E-state index >= 15 is 0 Å². The first-order valence-electron chi connectivity index (χ1n) is 14.4. The molecule has 0 fully saturated rings. The monoisotopic (exact) mass is 817 g/mol. The summed E-state index contributed by atoms with van der Waals surface area (Å²) in [5, 5.41) is 42.5. The first-order valence-corrected chi connectivity index (χ1v) is 19.1. The van der Waals surface area contributed by atoms with E-state index in [4.69, 9.17) is 16.7 Å². The molecule has 1 heterocycles. The van der Waals surface area contributed by atoms with Crippen molar-refractivity contribution in [1.29, 1.82) is 0 Å². The number of aromatic carboxylic acids is 1. The van der Waals surface area contributed by atoms with E-state index in [9.17, 15) is 53.9 Å². The number of halogens is 1. The quantitative estimate of drug-likeness (QED) is 0.0617. The van der Waals surface area contributed by atoms with Gasteiger partial charge in [0.05, 0.1) is 10.6 Å². The Morgan fingerprint density at radius 3 is 2.04 bits per heavy atom. The van der Waals surface area contributed by atoms with Gasteiger partial charge in [-0.05, 0) is 58.8 Å². The van der Waals surface area contributed by atoms with Crippen LogP contribution >= 0.6 is 11.6 Å². The van der Waals surface area contributed by atoms with E-state index < -0.39 is 107 Å². The molecule has 0 aliphatic heterocycles. The van der Waals surface area contributed by atoms with Gasteiger partial charge in [-0.2, -0.15) is 40.2 Å². The molecule has 6 rings (SSSR count). The average molecular weight is 818 g/mol. The molecule has 54 heavy (non-hydrogen) atoms. The van der Waals surface area contributed by atoms with Crippen LogP contribution in [0.15, 0.2) is 97.7 Å². The lowest BCUT2D eigenvalue weighted by Crippen LogP contribution is -2.06. The van der Waals surface area contributed by atoms with Crippen molar-refractivity contribution in [2.24, 2.45) is 10.2 Å². The second-order valence-corrected chi connectivity index (χ2v) is 15.4. The first-order chi connectivity index (χ1) is 25.2. The maximum Gasteiger partial charge on any atom is 0.339 e. The molecule has 8 N–H and O–H groups in total. The molecule has 0 saturated carbocycles. The van der Waals surface area contributed by atoms with Crippen LogP contribution in [-0.2, 0) is 30.4 Å². The van der Waals surface area contributed by atoms with Crippen LogP contribution in [0.25, 0.3) is 21.5 Å². The summed E-state index contributed by atoms with van der Waals surface area (Å²) in [7, 11) is -15.4. The number of benzene rings is 5. The predicted octanol–water partition coefficient (Wildman–Crippen LogP) is 5.58. The molecular formula is C30H20ClN7O13S3. The number of rotatable bonds is 10. The third kappa shape index (κ3) is 7.67. The number of nitrogens with one attached hydrogen (secondary N) is 2. The lowest BCUT2D eigenvalue weighted by Gasteiger charge is -2.15. The van der Waals surface area contributed by atoms with Crippen LogP contribution in [0.1, 0.15) is 10.4 Å². The smallest absolute Gasteiger partial charge is 0.339 e. The molecule has 5 aromatic carbocycles. The number of phenolic OH excluding ortho intramolecular Hbond substituents is 1. The number of aromatic hydroxyl groups is 2. The minimum absolute atomic E-state index is 0.0114. The van der Waals surface area contributed by atoms with E-state index in [0.717, 1.165) is 30.3 Å². The van der Waals surface area contributed by atoms with Crippen LogP contribution in [-0.4, -0.2) is 75.2 Å². The number of fused-ring (bicyclic) bond motifs is 2. The standard InChI is InChI=1S/C30H20ClN7O13S3/c31-28-34-29(32-15-6-7-18(27(41)42)21(39)11-15)36-30(35-28)33-20-12-16(52(43,44)45)9-14-10-22(53(46,47)48)24(25(40)23(14)20)38-37-19-8-5-13-3-1-2-4-17(13)26(19)54(49,50)51/h1-12,39-40H,(H,41,42)(H,43,44,45)(H,46,47,48)(H,49,50,51)(H2,32,33,34,35,36). The molecule has 0 amide bonds. The summed E-state index contributed by atoms with van der Waals surface area (Å²) in [6.45, 7) is 0. The van der Waals surface area contributed by atoms with E-state index in [2.05, 4.69) is 35.8 Å². The largest absolute Gasteiger partial charge is 0.507 e. The zero-order valence-corrected chi connectivity index (χ0v) is 29.5. The maximum atomic E-state index is 12.5. The second kappa shape index (κ2) is 13.7. The molecule has 6 aromatic rings. The summed E-state index contributed by atoms with van der Waals surface area (Å²) in [6, 6.07) is 14.1. The fourth-order valence-electron chi connectivity index (χ4n) is 5.19. The Morgan fingerprint density at radius 2 is 1.41 bits per heavy atom. The minimum atomic E-state index is -5.32. The lowest BCUT2D eigenvalue weighted by atomic mass is 10.1. The fourth-order valence-corrected chi connectivity index (χ4v) is 7.39. The van der Waals surface area contributed by atoms with Gasteiger partial charge in [0.1, 0.15) is 32.5 Å². The summed E-state index contributed by atoms with van der Waals surface area (Å²) in [5.74, 6) is -3.88. The van der Waals surface area contributed by atoms with Gasteiger partial charge < -0.3 is 26.0 Å². The minimum Gasteiger partial charge on any atom is -0.507 e. The summed E-state index contributed by atoms with van der Waals surface area (Å²) in [6.07, 6.45) is 0. The van der Waals surface area contributed by atoms with Crippen LogP contribution in [0.4, 0.5) is 34.6 Å². The van der Waals surface area contributed by atoms with E-state index in [0.29, 0.717) is 11.5 Å². The molecule has 278 valence electrons. The summed E-state index contributed by atoms with van der Waals surface area (Å²) < 4.78 is 104. The van der Waals surface area contributed by atoms with Crippen molar-refractivity contribution in [3.05, 3.63) is 83.6 Å². The van der Waals surface area contributed by atoms with Crippen molar-refractivity contribution in [2.75, 3.05) is 10.6 Å². The fraction of sp³-hybridized carbons (Fsp3) is 0. The maximum absolute atomic E-state index is 12.5. The van der Waals surface area contributed by atoms with E-state index in [-0.39, 0.29) is 17.0 Å².